The van der Waals surface area contributed by atoms with Crippen molar-refractivity contribution >= 4 is 28.1 Å². The second kappa shape index (κ2) is 5.00. The van der Waals surface area contributed by atoms with Gasteiger partial charge in [-0.25, -0.2) is 0 Å². The molecule has 3 rings (SSSR count). The Labute approximate surface area is 117 Å². The van der Waals surface area contributed by atoms with Crippen molar-refractivity contribution in [3.05, 3.63) is 30.6 Å². The smallest absolute Gasteiger partial charge is 0.240 e. The van der Waals surface area contributed by atoms with Gasteiger partial charge < -0.3 is 16.4 Å². The van der Waals surface area contributed by atoms with Crippen molar-refractivity contribution in [1.82, 2.24) is 4.98 Å². The molecule has 2 aromatic rings. The van der Waals surface area contributed by atoms with Gasteiger partial charge in [0.1, 0.15) is 6.04 Å². The standard InChI is InChI=1S/C15H18N4O/c16-12-4-5-13(10-6-7-18-9-11(10)12)19-8-2-1-3-14(19)15(17)20/h4-7,9,14H,1-3,8,16H2,(H2,17,20). The first-order valence-corrected chi connectivity index (χ1v) is 6.86. The van der Waals surface area contributed by atoms with E-state index in [9.17, 15) is 4.79 Å². The molecule has 1 aromatic carbocycles. The lowest BCUT2D eigenvalue weighted by atomic mass is 9.99. The first-order chi connectivity index (χ1) is 9.68. The number of nitrogens with two attached hydrogens (primary N) is 2. The maximum atomic E-state index is 11.7. The summed E-state index contributed by atoms with van der Waals surface area (Å²) in [5.74, 6) is -0.260. The molecule has 104 valence electrons. The summed E-state index contributed by atoms with van der Waals surface area (Å²) >= 11 is 0. The fraction of sp³-hybridized carbons (Fsp3) is 0.333. The molecule has 1 amide bonds. The Morgan fingerprint density at radius 1 is 1.25 bits per heavy atom. The molecular formula is C15H18N4O. The van der Waals surface area contributed by atoms with E-state index in [1.165, 1.54) is 0 Å². The van der Waals surface area contributed by atoms with Crippen LogP contribution in [0.2, 0.25) is 0 Å². The number of hydrogen-bond acceptors (Lipinski definition) is 4. The van der Waals surface area contributed by atoms with Gasteiger partial charge in [-0.3, -0.25) is 9.78 Å². The molecule has 1 unspecified atom stereocenters. The molecule has 1 fully saturated rings. The number of primary amides is 1. The van der Waals surface area contributed by atoms with Crippen LogP contribution in [-0.4, -0.2) is 23.5 Å². The van der Waals surface area contributed by atoms with E-state index < -0.39 is 0 Å². The fourth-order valence-electron chi connectivity index (χ4n) is 2.96. The van der Waals surface area contributed by atoms with E-state index in [1.807, 2.05) is 18.2 Å². The number of piperidine rings is 1. The number of rotatable bonds is 2. The number of pyridine rings is 1. The zero-order chi connectivity index (χ0) is 14.1. The van der Waals surface area contributed by atoms with E-state index in [2.05, 4.69) is 9.88 Å². The highest BCUT2D eigenvalue weighted by Crippen LogP contribution is 2.33. The summed E-state index contributed by atoms with van der Waals surface area (Å²) in [6, 6.07) is 5.54. The summed E-state index contributed by atoms with van der Waals surface area (Å²) in [6.45, 7) is 0.842. The molecule has 1 aromatic heterocycles. The van der Waals surface area contributed by atoms with E-state index in [-0.39, 0.29) is 11.9 Å². The molecule has 0 radical (unpaired) electrons. The van der Waals surface area contributed by atoms with Crippen molar-refractivity contribution in [3.8, 4) is 0 Å². The van der Waals surface area contributed by atoms with Crippen LogP contribution in [0.15, 0.2) is 30.6 Å². The first-order valence-electron chi connectivity index (χ1n) is 6.86. The van der Waals surface area contributed by atoms with Gasteiger partial charge in [0.25, 0.3) is 0 Å². The average molecular weight is 270 g/mol. The zero-order valence-corrected chi connectivity index (χ0v) is 11.2. The molecule has 0 saturated carbocycles. The van der Waals surface area contributed by atoms with E-state index in [4.69, 9.17) is 11.5 Å². The topological polar surface area (TPSA) is 85.2 Å². The molecular weight excluding hydrogens is 252 g/mol. The molecule has 20 heavy (non-hydrogen) atoms. The summed E-state index contributed by atoms with van der Waals surface area (Å²) in [7, 11) is 0. The number of anilines is 2. The van der Waals surface area contributed by atoms with E-state index in [1.54, 1.807) is 12.4 Å². The molecule has 0 aliphatic carbocycles. The average Bonchev–Trinajstić information content (AvgIpc) is 2.48. The molecule has 5 heteroatoms. The third-order valence-corrected chi connectivity index (χ3v) is 3.97. The third-order valence-electron chi connectivity index (χ3n) is 3.97. The zero-order valence-electron chi connectivity index (χ0n) is 11.2. The number of hydrogen-bond donors (Lipinski definition) is 2. The molecule has 2 heterocycles. The van der Waals surface area contributed by atoms with Crippen LogP contribution in [0.1, 0.15) is 19.3 Å². The summed E-state index contributed by atoms with van der Waals surface area (Å²) < 4.78 is 0. The number of amides is 1. The van der Waals surface area contributed by atoms with Crippen molar-refractivity contribution in [2.24, 2.45) is 5.73 Å². The second-order valence-electron chi connectivity index (χ2n) is 5.20. The van der Waals surface area contributed by atoms with Gasteiger partial charge in [0, 0.05) is 41.1 Å². The molecule has 0 bridgehead atoms. The Hall–Kier alpha value is -2.30. The lowest BCUT2D eigenvalue weighted by Crippen LogP contribution is -2.47. The van der Waals surface area contributed by atoms with Crippen LogP contribution >= 0.6 is 0 Å². The third kappa shape index (κ3) is 2.05. The molecule has 1 aliphatic heterocycles. The van der Waals surface area contributed by atoms with E-state index >= 15 is 0 Å². The molecule has 5 nitrogen and oxygen atoms in total. The SMILES string of the molecule is NC(=O)C1CCCCN1c1ccc(N)c2cnccc12. The maximum absolute atomic E-state index is 11.7. The Morgan fingerprint density at radius 2 is 2.10 bits per heavy atom. The van der Waals surface area contributed by atoms with Crippen LogP contribution in [0.5, 0.6) is 0 Å². The summed E-state index contributed by atoms with van der Waals surface area (Å²) in [5.41, 5.74) is 13.3. The number of nitrogens with zero attached hydrogens (tertiary/aromatic N) is 2. The van der Waals surface area contributed by atoms with Crippen molar-refractivity contribution < 1.29 is 4.79 Å². The monoisotopic (exact) mass is 270 g/mol. The number of nitrogen functional groups attached to an aromatic ring is 1. The Morgan fingerprint density at radius 3 is 2.90 bits per heavy atom. The molecule has 1 saturated heterocycles. The summed E-state index contributed by atoms with van der Waals surface area (Å²) in [4.78, 5) is 17.9. The largest absolute Gasteiger partial charge is 0.398 e. The normalized spacial score (nSPS) is 19.2. The van der Waals surface area contributed by atoms with Crippen molar-refractivity contribution in [3.63, 3.8) is 0 Å². The minimum atomic E-state index is -0.260. The minimum Gasteiger partial charge on any atom is -0.398 e. The lowest BCUT2D eigenvalue weighted by Gasteiger charge is -2.36. The highest BCUT2D eigenvalue weighted by Gasteiger charge is 2.28. The highest BCUT2D eigenvalue weighted by molar-refractivity contribution is 6.02. The lowest BCUT2D eigenvalue weighted by molar-refractivity contribution is -0.119. The van der Waals surface area contributed by atoms with Crippen molar-refractivity contribution in [2.75, 3.05) is 17.2 Å². The van der Waals surface area contributed by atoms with Gasteiger partial charge in [-0.05, 0) is 37.5 Å². The predicted octanol–water partition coefficient (Wildman–Crippen LogP) is 1.66. The molecule has 1 atom stereocenters. The second-order valence-corrected chi connectivity index (χ2v) is 5.20. The predicted molar refractivity (Wildman–Crippen MR) is 80.3 cm³/mol. The number of carbonyl (C=O) groups excluding carboxylic acids is 1. The van der Waals surface area contributed by atoms with E-state index in [0.717, 1.165) is 42.3 Å². The molecule has 1 aliphatic rings. The fourth-order valence-corrected chi connectivity index (χ4v) is 2.96. The van der Waals surface area contributed by atoms with Crippen molar-refractivity contribution in [1.29, 1.82) is 0 Å². The van der Waals surface area contributed by atoms with Crippen LogP contribution in [0.3, 0.4) is 0 Å². The molecule has 0 spiro atoms. The number of benzene rings is 1. The summed E-state index contributed by atoms with van der Waals surface area (Å²) in [6.07, 6.45) is 6.43. The van der Waals surface area contributed by atoms with Gasteiger partial charge in [0.05, 0.1) is 0 Å². The quantitative estimate of drug-likeness (QED) is 0.813. The Kier molecular flexibility index (Phi) is 3.18. The Balaban J connectivity index is 2.13. The van der Waals surface area contributed by atoms with Gasteiger partial charge in [-0.15, -0.1) is 0 Å². The molecule has 4 N–H and O–H groups in total. The van der Waals surface area contributed by atoms with Crippen LogP contribution in [0.4, 0.5) is 11.4 Å². The number of aromatic nitrogens is 1. The Bertz CT molecular complexity index is 655. The van der Waals surface area contributed by atoms with Gasteiger partial charge in [-0.2, -0.15) is 0 Å². The number of fused-ring (bicyclic) bond motifs is 1. The minimum absolute atomic E-state index is 0.233. The number of carbonyl (C=O) groups is 1. The van der Waals surface area contributed by atoms with E-state index in [0.29, 0.717) is 5.69 Å². The van der Waals surface area contributed by atoms with Gasteiger partial charge >= 0.3 is 0 Å². The van der Waals surface area contributed by atoms with Gasteiger partial charge in [-0.1, -0.05) is 0 Å². The van der Waals surface area contributed by atoms with Gasteiger partial charge in [0.15, 0.2) is 0 Å². The highest BCUT2D eigenvalue weighted by atomic mass is 16.1. The van der Waals surface area contributed by atoms with Crippen LogP contribution < -0.4 is 16.4 Å². The van der Waals surface area contributed by atoms with Gasteiger partial charge in [0.2, 0.25) is 5.91 Å². The van der Waals surface area contributed by atoms with Crippen LogP contribution in [0, 0.1) is 0 Å². The first kappa shape index (κ1) is 12.7. The maximum Gasteiger partial charge on any atom is 0.240 e. The van der Waals surface area contributed by atoms with Crippen LogP contribution in [-0.2, 0) is 4.79 Å². The van der Waals surface area contributed by atoms with Crippen LogP contribution in [0.25, 0.3) is 10.8 Å². The summed E-state index contributed by atoms with van der Waals surface area (Å²) in [5, 5.41) is 1.94. The van der Waals surface area contributed by atoms with Crippen molar-refractivity contribution in [2.45, 2.75) is 25.3 Å².